The predicted molar refractivity (Wildman–Crippen MR) is 136 cm³/mol. The van der Waals surface area contributed by atoms with E-state index in [1.54, 1.807) is 35.7 Å². The van der Waals surface area contributed by atoms with Gasteiger partial charge in [0.25, 0.3) is 5.91 Å². The molecule has 2 atom stereocenters. The van der Waals surface area contributed by atoms with Gasteiger partial charge < -0.3 is 24.6 Å². The number of nitrogens with zero attached hydrogens (tertiary/aromatic N) is 4. The summed E-state index contributed by atoms with van der Waals surface area (Å²) in [5, 5.41) is 12.1. The Morgan fingerprint density at radius 1 is 1.29 bits per heavy atom. The Hall–Kier alpha value is -3.45. The van der Waals surface area contributed by atoms with Crippen molar-refractivity contribution in [2.75, 3.05) is 25.5 Å². The van der Waals surface area contributed by atoms with Crippen molar-refractivity contribution in [1.82, 2.24) is 24.9 Å². The van der Waals surface area contributed by atoms with Gasteiger partial charge in [0.05, 0.1) is 29.4 Å². The summed E-state index contributed by atoms with van der Waals surface area (Å²) in [5.41, 5.74) is 1.46. The molecule has 3 aromatic heterocycles. The van der Waals surface area contributed by atoms with Crippen LogP contribution < -0.4 is 10.6 Å². The molecule has 202 valence electrons. The maximum Gasteiger partial charge on any atom is 0.406 e. The van der Waals surface area contributed by atoms with Gasteiger partial charge in [-0.05, 0) is 50.0 Å². The lowest BCUT2D eigenvalue weighted by atomic mass is 10.0. The van der Waals surface area contributed by atoms with Gasteiger partial charge in [0.15, 0.2) is 0 Å². The van der Waals surface area contributed by atoms with Gasteiger partial charge in [-0.2, -0.15) is 18.2 Å². The fourth-order valence-corrected chi connectivity index (χ4v) is 5.36. The number of hydrogen-bond acceptors (Lipinski definition) is 7. The molecular formula is C25H26F4N6O2S. The molecule has 0 bridgehead atoms. The first-order valence-corrected chi connectivity index (χ1v) is 12.9. The van der Waals surface area contributed by atoms with Crippen LogP contribution in [0.5, 0.6) is 0 Å². The number of rotatable bonds is 7. The highest BCUT2D eigenvalue weighted by molar-refractivity contribution is 7.10. The molecule has 1 aliphatic rings. The summed E-state index contributed by atoms with van der Waals surface area (Å²) >= 11 is 1.44. The summed E-state index contributed by atoms with van der Waals surface area (Å²) in [7, 11) is 1.85. The molecule has 1 aromatic carbocycles. The fourth-order valence-electron chi connectivity index (χ4n) is 4.67. The zero-order valence-electron chi connectivity index (χ0n) is 20.7. The second-order valence-corrected chi connectivity index (χ2v) is 10.5. The Labute approximate surface area is 219 Å². The summed E-state index contributed by atoms with van der Waals surface area (Å²) in [6.07, 6.45) is -5.07. The summed E-state index contributed by atoms with van der Waals surface area (Å²) in [6, 6.07) is 7.71. The van der Waals surface area contributed by atoms with Crippen LogP contribution >= 0.6 is 11.3 Å². The molecule has 13 heteroatoms. The number of thiophene rings is 1. The predicted octanol–water partition coefficient (Wildman–Crippen LogP) is 5.01. The number of aromatic nitrogens is 3. The summed E-state index contributed by atoms with van der Waals surface area (Å²) in [5.74, 6) is -0.310. The van der Waals surface area contributed by atoms with Gasteiger partial charge in [-0.15, -0.1) is 11.3 Å². The van der Waals surface area contributed by atoms with Gasteiger partial charge in [0.1, 0.15) is 12.7 Å². The zero-order chi connectivity index (χ0) is 27.0. The van der Waals surface area contributed by atoms with E-state index < -0.39 is 24.9 Å². The SMILES string of the molecule is Cc1sccc1C(=O)NCc1nc(-c2cc3c(N[C@@H]4CCN(C)C[C@@H]4F)cccc3n2CC(F)(F)F)no1. The number of halogens is 4. The molecule has 1 fully saturated rings. The number of aryl methyl sites for hydroxylation is 1. The van der Waals surface area contributed by atoms with Crippen LogP contribution in [0.15, 0.2) is 40.2 Å². The van der Waals surface area contributed by atoms with E-state index in [1.807, 2.05) is 18.9 Å². The molecule has 0 saturated carbocycles. The number of hydrogen-bond donors (Lipinski definition) is 2. The van der Waals surface area contributed by atoms with Crippen molar-refractivity contribution in [3.8, 4) is 11.5 Å². The van der Waals surface area contributed by atoms with Crippen LogP contribution in [0.2, 0.25) is 0 Å². The number of nitrogens with one attached hydrogen (secondary N) is 2. The Bertz CT molecular complexity index is 1450. The van der Waals surface area contributed by atoms with Gasteiger partial charge in [-0.3, -0.25) is 4.79 Å². The summed E-state index contributed by atoms with van der Waals surface area (Å²) < 4.78 is 61.7. The highest BCUT2D eigenvalue weighted by atomic mass is 32.1. The number of carbonyl (C=O) groups is 1. The van der Waals surface area contributed by atoms with Crippen molar-refractivity contribution in [3.05, 3.63) is 52.0 Å². The lowest BCUT2D eigenvalue weighted by Crippen LogP contribution is -2.46. The number of piperidine rings is 1. The van der Waals surface area contributed by atoms with Crippen LogP contribution in [-0.2, 0) is 13.1 Å². The van der Waals surface area contributed by atoms with Crippen LogP contribution in [-0.4, -0.2) is 64.0 Å². The largest absolute Gasteiger partial charge is 0.406 e. The van der Waals surface area contributed by atoms with Gasteiger partial charge in [0, 0.05) is 29.0 Å². The van der Waals surface area contributed by atoms with Gasteiger partial charge >= 0.3 is 6.18 Å². The topological polar surface area (TPSA) is 88.2 Å². The highest BCUT2D eigenvalue weighted by Gasteiger charge is 2.32. The normalized spacial score (nSPS) is 18.7. The second kappa shape index (κ2) is 10.4. The van der Waals surface area contributed by atoms with Crippen molar-refractivity contribution in [2.24, 2.45) is 0 Å². The molecule has 2 N–H and O–H groups in total. The number of amides is 1. The van der Waals surface area contributed by atoms with Crippen LogP contribution in [0.3, 0.4) is 0 Å². The summed E-state index contributed by atoms with van der Waals surface area (Å²) in [4.78, 5) is 19.4. The Kier molecular flexibility index (Phi) is 7.14. The zero-order valence-corrected chi connectivity index (χ0v) is 21.5. The van der Waals surface area contributed by atoms with E-state index in [0.29, 0.717) is 35.1 Å². The van der Waals surface area contributed by atoms with E-state index in [0.717, 1.165) is 9.44 Å². The third kappa shape index (κ3) is 5.53. The van der Waals surface area contributed by atoms with Crippen molar-refractivity contribution < 1.29 is 26.9 Å². The van der Waals surface area contributed by atoms with Crippen molar-refractivity contribution in [1.29, 1.82) is 0 Å². The van der Waals surface area contributed by atoms with Crippen molar-refractivity contribution >= 4 is 33.8 Å². The molecular weight excluding hydrogens is 524 g/mol. The first-order valence-electron chi connectivity index (χ1n) is 12.0. The third-order valence-electron chi connectivity index (χ3n) is 6.57. The number of carbonyl (C=O) groups excluding carboxylic acids is 1. The molecule has 8 nitrogen and oxygen atoms in total. The van der Waals surface area contributed by atoms with Crippen LogP contribution in [0.4, 0.5) is 23.2 Å². The molecule has 1 saturated heterocycles. The molecule has 5 rings (SSSR count). The fraction of sp³-hybridized carbons (Fsp3) is 0.400. The molecule has 0 radical (unpaired) electrons. The van der Waals surface area contributed by atoms with Gasteiger partial charge in [-0.1, -0.05) is 11.2 Å². The first-order chi connectivity index (χ1) is 18.1. The molecule has 1 amide bonds. The Morgan fingerprint density at radius 2 is 2.11 bits per heavy atom. The van der Waals surface area contributed by atoms with E-state index in [1.165, 1.54) is 11.3 Å². The van der Waals surface area contributed by atoms with Gasteiger partial charge in [-0.25, -0.2) is 4.39 Å². The van der Waals surface area contributed by atoms with Crippen molar-refractivity contribution in [3.63, 3.8) is 0 Å². The average Bonchev–Trinajstić information content (AvgIpc) is 3.58. The summed E-state index contributed by atoms with van der Waals surface area (Å²) in [6.45, 7) is 1.47. The smallest absolute Gasteiger partial charge is 0.379 e. The van der Waals surface area contributed by atoms with Crippen LogP contribution in [0.25, 0.3) is 22.4 Å². The lowest BCUT2D eigenvalue weighted by molar-refractivity contribution is -0.139. The number of fused-ring (bicyclic) bond motifs is 1. The minimum absolute atomic E-state index is 0.0463. The molecule has 4 heterocycles. The highest BCUT2D eigenvalue weighted by Crippen LogP contribution is 2.35. The van der Waals surface area contributed by atoms with E-state index >= 15 is 0 Å². The maximum atomic E-state index is 14.7. The quantitative estimate of drug-likeness (QED) is 0.315. The molecule has 0 unspecified atom stereocenters. The molecule has 0 spiro atoms. The van der Waals surface area contributed by atoms with E-state index in [4.69, 9.17) is 4.52 Å². The Balaban J connectivity index is 1.44. The monoisotopic (exact) mass is 550 g/mol. The standard InChI is InChI=1S/C25H26F4N6O2S/c1-14-15(7-9-38-14)24(36)30-11-22-32-23(33-37-22)21-10-16-18(31-19-6-8-34(2)12-17(19)26)4-3-5-20(16)35(21)13-25(27,28)29/h3-5,7,9-10,17,19,31H,6,8,11-13H2,1-2H3,(H,30,36)/t17-,19+/m0/s1. The molecule has 0 aliphatic carbocycles. The second-order valence-electron chi connectivity index (χ2n) is 9.37. The minimum Gasteiger partial charge on any atom is -0.379 e. The number of likely N-dealkylation sites (tertiary alicyclic amines) is 1. The number of anilines is 1. The molecule has 38 heavy (non-hydrogen) atoms. The minimum atomic E-state index is -4.51. The average molecular weight is 551 g/mol. The van der Waals surface area contributed by atoms with E-state index in [-0.39, 0.29) is 36.4 Å². The Morgan fingerprint density at radius 3 is 2.82 bits per heavy atom. The number of benzene rings is 1. The molecule has 4 aromatic rings. The van der Waals surface area contributed by atoms with Gasteiger partial charge in [0.2, 0.25) is 11.7 Å². The van der Waals surface area contributed by atoms with Crippen LogP contribution in [0, 0.1) is 6.92 Å². The van der Waals surface area contributed by atoms with Crippen molar-refractivity contribution in [2.45, 2.75) is 44.8 Å². The van der Waals surface area contributed by atoms with E-state index in [9.17, 15) is 22.4 Å². The molecule has 1 aliphatic heterocycles. The third-order valence-corrected chi connectivity index (χ3v) is 7.42. The first kappa shape index (κ1) is 26.2. The lowest BCUT2D eigenvalue weighted by Gasteiger charge is -2.33. The maximum absolute atomic E-state index is 14.7. The number of alkyl halides is 4. The van der Waals surface area contributed by atoms with Crippen LogP contribution in [0.1, 0.15) is 27.5 Å². The van der Waals surface area contributed by atoms with E-state index in [2.05, 4.69) is 20.8 Å².